The fourth-order valence-electron chi connectivity index (χ4n) is 8.01. The van der Waals surface area contributed by atoms with Crippen LogP contribution in [0.1, 0.15) is 96.3 Å². The number of hydrogen-bond donors (Lipinski definition) is 4. The Labute approximate surface area is 351 Å². The van der Waals surface area contributed by atoms with E-state index < -0.39 is 91.9 Å². The first-order valence-electron chi connectivity index (χ1n) is 20.2. The SMILES string of the molecule is CC[C@@H]1C[C@H](C)CC/C=C\[C@@H]2C[C@@]2(C(=O)NS(=O)(=O)C2(C)CC2)NC(=O)[C@@H]2C[C@@H](Oc3ncc(C(=O)O)c4cc(OC)ccc34)CN2C(=O)[C@H]1NC(=O)OC(C)(C)C(F)(F)F. The molecule has 2 aliphatic heterocycles. The number of aromatic nitrogens is 1. The number of allylic oxidation sites excluding steroid dienone is 1. The van der Waals surface area contributed by atoms with E-state index in [0.29, 0.717) is 51.7 Å². The summed E-state index contributed by atoms with van der Waals surface area (Å²) in [5.74, 6) is -4.90. The third-order valence-electron chi connectivity index (χ3n) is 12.5. The van der Waals surface area contributed by atoms with Crippen LogP contribution in [0.4, 0.5) is 18.0 Å². The van der Waals surface area contributed by atoms with Gasteiger partial charge in [0.2, 0.25) is 33.3 Å². The molecule has 16 nitrogen and oxygen atoms in total. The molecule has 2 aliphatic carbocycles. The number of carboxylic acid groups (broad SMARTS) is 1. The Morgan fingerprint density at radius 2 is 1.82 bits per heavy atom. The summed E-state index contributed by atoms with van der Waals surface area (Å²) in [5.41, 5.74) is -4.78. The summed E-state index contributed by atoms with van der Waals surface area (Å²) in [6, 6.07) is 1.68. The highest BCUT2D eigenvalue weighted by Gasteiger charge is 2.63. The molecule has 0 unspecified atom stereocenters. The lowest BCUT2D eigenvalue weighted by atomic mass is 9.85. The third-order valence-corrected chi connectivity index (χ3v) is 14.6. The van der Waals surface area contributed by atoms with E-state index in [9.17, 15) is 50.7 Å². The number of alkyl carbamates (subject to hydrolysis) is 1. The Morgan fingerprint density at radius 1 is 1.11 bits per heavy atom. The summed E-state index contributed by atoms with van der Waals surface area (Å²) in [6.45, 7) is 6.22. The number of benzene rings is 1. The summed E-state index contributed by atoms with van der Waals surface area (Å²) in [4.78, 5) is 74.2. The molecule has 0 spiro atoms. The first kappa shape index (κ1) is 45.4. The van der Waals surface area contributed by atoms with Gasteiger partial charge in [-0.05, 0) is 89.3 Å². The number of sulfonamides is 1. The van der Waals surface area contributed by atoms with Crippen molar-refractivity contribution in [3.8, 4) is 11.6 Å². The number of methoxy groups -OCH3 is 1. The minimum absolute atomic E-state index is 0.0434. The van der Waals surface area contributed by atoms with E-state index in [2.05, 4.69) is 20.3 Å². The number of carboxylic acids is 1. The Hall–Kier alpha value is -5.14. The van der Waals surface area contributed by atoms with Crippen molar-refractivity contribution in [3.05, 3.63) is 42.1 Å². The van der Waals surface area contributed by atoms with Crippen molar-refractivity contribution in [2.75, 3.05) is 13.7 Å². The average Bonchev–Trinajstić information content (AvgIpc) is 4.06. The van der Waals surface area contributed by atoms with E-state index >= 15 is 0 Å². The van der Waals surface area contributed by atoms with E-state index in [0.717, 1.165) is 11.1 Å². The molecule has 2 aromatic rings. The number of alkyl halides is 3. The highest BCUT2D eigenvalue weighted by molar-refractivity contribution is 7.91. The van der Waals surface area contributed by atoms with Gasteiger partial charge < -0.3 is 34.9 Å². The van der Waals surface area contributed by atoms with E-state index in [4.69, 9.17) is 14.2 Å². The summed E-state index contributed by atoms with van der Waals surface area (Å²) in [7, 11) is -2.71. The van der Waals surface area contributed by atoms with Crippen LogP contribution in [-0.4, -0.2) is 107 Å². The molecule has 1 aromatic heterocycles. The zero-order chi connectivity index (χ0) is 44.9. The van der Waals surface area contributed by atoms with Crippen molar-refractivity contribution in [1.29, 1.82) is 0 Å². The minimum atomic E-state index is -4.95. The van der Waals surface area contributed by atoms with Crippen molar-refractivity contribution in [2.24, 2.45) is 17.8 Å². The van der Waals surface area contributed by atoms with Gasteiger partial charge in [0.05, 0.1) is 24.0 Å². The fraction of sp³-hybridized carbons (Fsp3) is 0.610. The molecule has 6 rings (SSSR count). The van der Waals surface area contributed by atoms with Crippen molar-refractivity contribution < 1.29 is 64.9 Å². The van der Waals surface area contributed by atoms with Gasteiger partial charge in [-0.3, -0.25) is 19.1 Å². The number of nitrogens with one attached hydrogen (secondary N) is 3. The normalized spacial score (nSPS) is 28.5. The molecular weight excluding hydrogens is 828 g/mol. The van der Waals surface area contributed by atoms with Crippen LogP contribution in [0.5, 0.6) is 11.6 Å². The van der Waals surface area contributed by atoms with E-state index in [1.54, 1.807) is 19.1 Å². The summed E-state index contributed by atoms with van der Waals surface area (Å²) < 4.78 is 85.4. The van der Waals surface area contributed by atoms with Crippen LogP contribution in [0.2, 0.25) is 0 Å². The first-order chi connectivity index (χ1) is 28.5. The van der Waals surface area contributed by atoms with Crippen LogP contribution < -0.4 is 24.8 Å². The van der Waals surface area contributed by atoms with Gasteiger partial charge in [-0.2, -0.15) is 13.2 Å². The molecule has 1 aromatic carbocycles. The van der Waals surface area contributed by atoms with Crippen molar-refractivity contribution in [3.63, 3.8) is 0 Å². The lowest BCUT2D eigenvalue weighted by Crippen LogP contribution is -2.60. The molecule has 4 amide bonds. The van der Waals surface area contributed by atoms with Gasteiger partial charge >= 0.3 is 18.2 Å². The zero-order valence-electron chi connectivity index (χ0n) is 34.8. The Balaban J connectivity index is 1.39. The van der Waals surface area contributed by atoms with Crippen LogP contribution in [0.3, 0.4) is 0 Å². The quantitative estimate of drug-likeness (QED) is 0.232. The second-order valence-corrected chi connectivity index (χ2v) is 19.6. The maximum absolute atomic E-state index is 14.9. The van der Waals surface area contributed by atoms with E-state index in [1.165, 1.54) is 26.2 Å². The molecule has 20 heteroatoms. The number of pyridine rings is 1. The fourth-order valence-corrected chi connectivity index (χ4v) is 9.32. The second kappa shape index (κ2) is 16.6. The minimum Gasteiger partial charge on any atom is -0.497 e. The van der Waals surface area contributed by atoms with Crippen LogP contribution >= 0.6 is 0 Å². The first-order valence-corrected chi connectivity index (χ1v) is 21.7. The van der Waals surface area contributed by atoms with Gasteiger partial charge in [0, 0.05) is 29.3 Å². The molecule has 1 saturated heterocycles. The largest absolute Gasteiger partial charge is 0.497 e. The van der Waals surface area contributed by atoms with Gasteiger partial charge in [0.15, 0.2) is 0 Å². The molecule has 0 bridgehead atoms. The highest BCUT2D eigenvalue weighted by Crippen LogP contribution is 2.48. The summed E-state index contributed by atoms with van der Waals surface area (Å²) in [5, 5.41) is 15.5. The molecule has 3 fully saturated rings. The van der Waals surface area contributed by atoms with E-state index in [-0.39, 0.29) is 53.9 Å². The number of aromatic carboxylic acids is 1. The monoisotopic (exact) mass is 879 g/mol. The van der Waals surface area contributed by atoms with Gasteiger partial charge in [-0.25, -0.2) is 23.0 Å². The van der Waals surface area contributed by atoms with Gasteiger partial charge in [0.1, 0.15) is 29.5 Å². The Morgan fingerprint density at radius 3 is 2.44 bits per heavy atom. The number of amides is 4. The zero-order valence-corrected chi connectivity index (χ0v) is 35.6. The van der Waals surface area contributed by atoms with Crippen molar-refractivity contribution in [1.82, 2.24) is 25.2 Å². The number of carbonyl (C=O) groups is 5. The highest BCUT2D eigenvalue weighted by atomic mass is 32.2. The van der Waals surface area contributed by atoms with Crippen molar-refractivity contribution in [2.45, 2.75) is 126 Å². The molecule has 334 valence electrons. The summed E-state index contributed by atoms with van der Waals surface area (Å²) in [6.07, 6.45) is -0.522. The number of carbonyl (C=O) groups excluding carboxylic acids is 4. The maximum Gasteiger partial charge on any atom is 0.427 e. The topological polar surface area (TPSA) is 220 Å². The van der Waals surface area contributed by atoms with Gasteiger partial charge in [0.25, 0.3) is 5.91 Å². The number of fused-ring (bicyclic) bond motifs is 3. The molecule has 4 aliphatic rings. The number of rotatable bonds is 10. The number of hydrogen-bond acceptors (Lipinski definition) is 11. The number of nitrogens with zero attached hydrogens (tertiary/aromatic N) is 2. The number of halogens is 3. The molecular formula is C41H52F3N5O11S. The van der Waals surface area contributed by atoms with Crippen LogP contribution in [0.15, 0.2) is 36.5 Å². The standard InChI is InChI=1S/C41H52F3N5O11S/c1-7-23-16-22(2)10-8-9-11-24-19-40(24,36(54)48-61(56,57)39(5)14-15-39)47-32(50)30-18-26(21-49(30)34(51)31(23)46-37(55)60-38(3,4)41(42,43)44)59-33-27-13-12-25(58-6)17-28(27)29(20-45-33)35(52)53/h9,11-13,17,20,22-24,26,30-31H,7-8,10,14-16,18-19,21H2,1-6H3,(H,46,55)(H,47,50)(H,48,54)(H,52,53)/b11-9-/t22-,23-,24-,26-,30+,31+,40-/m1/s1. The average molecular weight is 880 g/mol. The van der Waals surface area contributed by atoms with Gasteiger partial charge in [-0.1, -0.05) is 32.4 Å². The third kappa shape index (κ3) is 9.23. The predicted molar refractivity (Wildman–Crippen MR) is 213 cm³/mol. The smallest absolute Gasteiger partial charge is 0.427 e. The summed E-state index contributed by atoms with van der Waals surface area (Å²) >= 11 is 0. The Bertz CT molecular complexity index is 2230. The molecule has 2 saturated carbocycles. The molecule has 4 N–H and O–H groups in total. The molecule has 7 atom stereocenters. The van der Waals surface area contributed by atoms with Crippen LogP contribution in [-0.2, 0) is 29.1 Å². The predicted octanol–water partition coefficient (Wildman–Crippen LogP) is 5.00. The lowest BCUT2D eigenvalue weighted by molar-refractivity contribution is -0.244. The van der Waals surface area contributed by atoms with Gasteiger partial charge in [-0.15, -0.1) is 0 Å². The Kier molecular flexibility index (Phi) is 12.4. The van der Waals surface area contributed by atoms with Crippen molar-refractivity contribution >= 4 is 50.6 Å². The molecule has 61 heavy (non-hydrogen) atoms. The van der Waals surface area contributed by atoms with Crippen LogP contribution in [0, 0.1) is 17.8 Å². The molecule has 3 heterocycles. The van der Waals surface area contributed by atoms with Crippen LogP contribution in [0.25, 0.3) is 10.8 Å². The second-order valence-electron chi connectivity index (χ2n) is 17.4. The van der Waals surface area contributed by atoms with E-state index in [1.807, 2.05) is 13.0 Å². The molecule has 0 radical (unpaired) electrons. The lowest BCUT2D eigenvalue weighted by Gasteiger charge is -2.35. The maximum atomic E-state index is 14.9. The number of ether oxygens (including phenoxy) is 3.